The molecule has 0 spiro atoms. The van der Waals surface area contributed by atoms with Gasteiger partial charge in [-0.15, -0.1) is 0 Å². The first-order valence-electron chi connectivity index (χ1n) is 9.97. The molecule has 1 N–H and O–H groups in total. The highest BCUT2D eigenvalue weighted by Crippen LogP contribution is 2.28. The van der Waals surface area contributed by atoms with E-state index in [0.717, 1.165) is 24.6 Å². The molecule has 0 saturated carbocycles. The lowest BCUT2D eigenvalue weighted by Crippen LogP contribution is -2.28. The van der Waals surface area contributed by atoms with E-state index in [2.05, 4.69) is 66.5 Å². The zero-order valence-electron chi connectivity index (χ0n) is 16.2. The Bertz CT molecular complexity index is 816. The van der Waals surface area contributed by atoms with Gasteiger partial charge in [0.25, 0.3) is 0 Å². The Morgan fingerprint density at radius 3 is 2.63 bits per heavy atom. The molecule has 0 radical (unpaired) electrons. The van der Waals surface area contributed by atoms with Crippen molar-refractivity contribution in [1.29, 1.82) is 0 Å². The van der Waals surface area contributed by atoms with Crippen molar-refractivity contribution in [3.05, 3.63) is 59.2 Å². The summed E-state index contributed by atoms with van der Waals surface area (Å²) >= 11 is 0. The summed E-state index contributed by atoms with van der Waals surface area (Å²) in [6.07, 6.45) is 3.46. The van der Waals surface area contributed by atoms with Gasteiger partial charge >= 0.3 is 6.09 Å². The van der Waals surface area contributed by atoms with Gasteiger partial charge in [0.2, 0.25) is 0 Å². The maximum Gasteiger partial charge on any atom is 0.407 e. The molecule has 0 bridgehead atoms. The Kier molecular flexibility index (Phi) is 5.17. The fourth-order valence-corrected chi connectivity index (χ4v) is 4.24. The van der Waals surface area contributed by atoms with E-state index in [9.17, 15) is 4.79 Å². The van der Waals surface area contributed by atoms with Crippen LogP contribution in [0.3, 0.4) is 0 Å². The molecule has 4 heteroatoms. The molecule has 0 aromatic heterocycles. The molecule has 2 heterocycles. The van der Waals surface area contributed by atoms with Crippen LogP contribution in [0.1, 0.15) is 42.5 Å². The number of ether oxygens (including phenoxy) is 1. The molecule has 2 aromatic rings. The van der Waals surface area contributed by atoms with E-state index in [0.29, 0.717) is 6.61 Å². The van der Waals surface area contributed by atoms with Crippen LogP contribution in [0.4, 0.5) is 4.79 Å². The Hall–Kier alpha value is -2.33. The van der Waals surface area contributed by atoms with Gasteiger partial charge in [-0.2, -0.15) is 0 Å². The topological polar surface area (TPSA) is 41.6 Å². The van der Waals surface area contributed by atoms with Crippen LogP contribution in [-0.4, -0.2) is 36.7 Å². The molecule has 1 unspecified atom stereocenters. The number of carbonyl (C=O) groups is 1. The van der Waals surface area contributed by atoms with Crippen molar-refractivity contribution >= 4 is 6.09 Å². The zero-order valence-corrected chi connectivity index (χ0v) is 16.2. The van der Waals surface area contributed by atoms with E-state index in [1.54, 1.807) is 0 Å². The third kappa shape index (κ3) is 4.01. The van der Waals surface area contributed by atoms with E-state index < -0.39 is 0 Å². The molecule has 2 aliphatic heterocycles. The monoisotopic (exact) mass is 364 g/mol. The van der Waals surface area contributed by atoms with Crippen LogP contribution >= 0.6 is 0 Å². The van der Waals surface area contributed by atoms with Crippen molar-refractivity contribution in [2.24, 2.45) is 0 Å². The summed E-state index contributed by atoms with van der Waals surface area (Å²) in [7, 11) is 0. The minimum absolute atomic E-state index is 0.0411. The summed E-state index contributed by atoms with van der Waals surface area (Å²) in [6.45, 7) is 7.27. The maximum absolute atomic E-state index is 11.3. The van der Waals surface area contributed by atoms with Gasteiger partial charge in [0.1, 0.15) is 6.61 Å². The number of alkyl carbamates (subject to hydrolysis) is 1. The first-order valence-corrected chi connectivity index (χ1v) is 9.97. The molecule has 4 nitrogen and oxygen atoms in total. The van der Waals surface area contributed by atoms with Gasteiger partial charge in [-0.1, -0.05) is 42.5 Å². The van der Waals surface area contributed by atoms with Crippen molar-refractivity contribution in [1.82, 2.24) is 10.2 Å². The molecule has 142 valence electrons. The Morgan fingerprint density at radius 2 is 2.00 bits per heavy atom. The second-order valence-corrected chi connectivity index (χ2v) is 7.84. The number of nitrogens with zero attached hydrogens (tertiary/aromatic N) is 1. The third-order valence-corrected chi connectivity index (χ3v) is 5.97. The summed E-state index contributed by atoms with van der Waals surface area (Å²) in [5.74, 6) is 0. The van der Waals surface area contributed by atoms with Gasteiger partial charge in [0, 0.05) is 12.6 Å². The summed E-state index contributed by atoms with van der Waals surface area (Å²) in [5, 5.41) is 2.84. The first-order chi connectivity index (χ1) is 13.1. The largest absolute Gasteiger partial charge is 0.447 e. The lowest BCUT2D eigenvalue weighted by Gasteiger charge is -2.20. The standard InChI is InChI=1S/C23H28N2O2/c1-16-14-20(22-15-27-23(26)24-22)9-10-21(16)19-7-5-18(6-8-19)11-13-25-12-3-4-17(25)2/h5-10,14,17,22H,3-4,11-13,15H2,1-2H3,(H,24,26)/t17-,22?/m1/s1. The van der Waals surface area contributed by atoms with Crippen LogP contribution in [0.25, 0.3) is 11.1 Å². The molecule has 2 saturated heterocycles. The minimum atomic E-state index is -0.333. The molecule has 1 amide bonds. The Labute approximate surface area is 161 Å². The number of amides is 1. The van der Waals surface area contributed by atoms with E-state index in [-0.39, 0.29) is 12.1 Å². The number of aryl methyl sites for hydroxylation is 1. The van der Waals surface area contributed by atoms with Gasteiger partial charge in [-0.25, -0.2) is 4.79 Å². The fourth-order valence-electron chi connectivity index (χ4n) is 4.24. The molecule has 2 aromatic carbocycles. The number of likely N-dealkylation sites (tertiary alicyclic amines) is 1. The molecule has 2 fully saturated rings. The number of nitrogens with one attached hydrogen (secondary N) is 1. The van der Waals surface area contributed by atoms with E-state index in [1.165, 1.54) is 41.6 Å². The fraction of sp³-hybridized carbons (Fsp3) is 0.435. The molecule has 27 heavy (non-hydrogen) atoms. The smallest absolute Gasteiger partial charge is 0.407 e. The van der Waals surface area contributed by atoms with Gasteiger partial charge in [-0.3, -0.25) is 0 Å². The summed E-state index contributed by atoms with van der Waals surface area (Å²) in [6, 6.07) is 16.1. The van der Waals surface area contributed by atoms with Crippen LogP contribution in [0.2, 0.25) is 0 Å². The minimum Gasteiger partial charge on any atom is -0.447 e. The number of hydrogen-bond acceptors (Lipinski definition) is 3. The highest BCUT2D eigenvalue weighted by molar-refractivity contribution is 5.71. The number of rotatable bonds is 5. The summed E-state index contributed by atoms with van der Waals surface area (Å²) < 4.78 is 5.00. The number of benzene rings is 2. The van der Waals surface area contributed by atoms with Gasteiger partial charge in [-0.05, 0) is 67.5 Å². The van der Waals surface area contributed by atoms with Crippen LogP contribution in [0.5, 0.6) is 0 Å². The highest BCUT2D eigenvalue weighted by atomic mass is 16.6. The highest BCUT2D eigenvalue weighted by Gasteiger charge is 2.24. The SMILES string of the molecule is Cc1cc(C2COC(=O)N2)ccc1-c1ccc(CCN2CCC[C@H]2C)cc1. The number of cyclic esters (lactones) is 1. The molecule has 0 aliphatic carbocycles. The third-order valence-electron chi connectivity index (χ3n) is 5.97. The lowest BCUT2D eigenvalue weighted by atomic mass is 9.95. The van der Waals surface area contributed by atoms with Crippen LogP contribution < -0.4 is 5.32 Å². The predicted molar refractivity (Wildman–Crippen MR) is 108 cm³/mol. The van der Waals surface area contributed by atoms with Gasteiger partial charge in [0.05, 0.1) is 6.04 Å². The Morgan fingerprint density at radius 1 is 1.19 bits per heavy atom. The van der Waals surface area contributed by atoms with E-state index in [1.807, 2.05) is 0 Å². The van der Waals surface area contributed by atoms with Crippen LogP contribution in [-0.2, 0) is 11.2 Å². The van der Waals surface area contributed by atoms with Gasteiger partial charge < -0.3 is 15.0 Å². The summed E-state index contributed by atoms with van der Waals surface area (Å²) in [5.41, 5.74) is 6.19. The first kappa shape index (κ1) is 18.1. The number of carbonyl (C=O) groups excluding carboxylic acids is 1. The van der Waals surface area contributed by atoms with Crippen LogP contribution in [0.15, 0.2) is 42.5 Å². The van der Waals surface area contributed by atoms with Crippen molar-refractivity contribution in [2.75, 3.05) is 19.7 Å². The van der Waals surface area contributed by atoms with Crippen molar-refractivity contribution < 1.29 is 9.53 Å². The van der Waals surface area contributed by atoms with E-state index in [4.69, 9.17) is 4.74 Å². The predicted octanol–water partition coefficient (Wildman–Crippen LogP) is 4.47. The van der Waals surface area contributed by atoms with Crippen molar-refractivity contribution in [3.8, 4) is 11.1 Å². The molecule has 2 aliphatic rings. The molecule has 2 atom stereocenters. The zero-order chi connectivity index (χ0) is 18.8. The second kappa shape index (κ2) is 7.73. The number of hydrogen-bond donors (Lipinski definition) is 1. The maximum atomic E-state index is 11.3. The van der Waals surface area contributed by atoms with Crippen LogP contribution in [0, 0.1) is 6.92 Å². The quantitative estimate of drug-likeness (QED) is 0.851. The normalized spacial score (nSPS) is 22.7. The van der Waals surface area contributed by atoms with Crippen molar-refractivity contribution in [2.45, 2.75) is 45.2 Å². The molecule has 4 rings (SSSR count). The molecular weight excluding hydrogens is 336 g/mol. The lowest BCUT2D eigenvalue weighted by molar-refractivity contribution is 0.177. The average Bonchev–Trinajstić information content (AvgIpc) is 3.29. The Balaban J connectivity index is 1.43. The average molecular weight is 364 g/mol. The second-order valence-electron chi connectivity index (χ2n) is 7.84. The van der Waals surface area contributed by atoms with Gasteiger partial charge in [0.15, 0.2) is 0 Å². The van der Waals surface area contributed by atoms with Crippen molar-refractivity contribution in [3.63, 3.8) is 0 Å². The van der Waals surface area contributed by atoms with E-state index >= 15 is 0 Å². The molecular formula is C23H28N2O2. The summed E-state index contributed by atoms with van der Waals surface area (Å²) in [4.78, 5) is 13.9.